The first-order valence-electron chi connectivity index (χ1n) is 9.78. The molecule has 3 heterocycles. The van der Waals surface area contributed by atoms with Gasteiger partial charge in [0, 0.05) is 18.3 Å². The minimum absolute atomic E-state index is 0.131. The van der Waals surface area contributed by atoms with Gasteiger partial charge in [0.25, 0.3) is 5.69 Å². The van der Waals surface area contributed by atoms with E-state index in [0.717, 1.165) is 16.0 Å². The van der Waals surface area contributed by atoms with Crippen LogP contribution in [0.4, 0.5) is 11.4 Å². The first-order valence-corrected chi connectivity index (χ1v) is 9.78. The van der Waals surface area contributed by atoms with Gasteiger partial charge in [-0.05, 0) is 35.8 Å². The van der Waals surface area contributed by atoms with Crippen molar-refractivity contribution >= 4 is 35.2 Å². The number of anilines is 1. The third-order valence-electron chi connectivity index (χ3n) is 6.39. The minimum atomic E-state index is -0.959. The van der Waals surface area contributed by atoms with Crippen molar-refractivity contribution in [3.8, 4) is 0 Å². The molecule has 2 aromatic rings. The third-order valence-corrected chi connectivity index (χ3v) is 6.39. The Morgan fingerprint density at radius 2 is 1.81 bits per heavy atom. The van der Waals surface area contributed by atoms with Crippen LogP contribution in [0.25, 0.3) is 6.08 Å². The van der Waals surface area contributed by atoms with Gasteiger partial charge in [0.1, 0.15) is 6.04 Å². The lowest BCUT2D eigenvalue weighted by Crippen LogP contribution is -2.47. The number of rotatable bonds is 3. The molecule has 5 rings (SSSR count). The van der Waals surface area contributed by atoms with E-state index in [9.17, 15) is 24.5 Å². The summed E-state index contributed by atoms with van der Waals surface area (Å²) in [5, 5.41) is 11.1. The number of hydrogen-bond acceptors (Lipinski definition) is 6. The standard InChI is InChI=1S/C22H18N4O5/c1-11-10-13(26(30)31)6-7-15(11)25-21(28)16-17(22(25)29)19(20(23)27)24-9-8-12-4-2-3-5-14(12)18(16)24/h2-10,16-19H,1H3,(H2,23,27)/t16-,17+,18-,19-/m0/s1. The van der Waals surface area contributed by atoms with E-state index in [1.54, 1.807) is 18.0 Å². The fraction of sp³-hybridized carbons (Fsp3) is 0.227. The molecule has 0 unspecified atom stereocenters. The van der Waals surface area contributed by atoms with E-state index < -0.39 is 46.6 Å². The number of carbonyl (C=O) groups excluding carboxylic acids is 3. The van der Waals surface area contributed by atoms with E-state index in [2.05, 4.69) is 0 Å². The second kappa shape index (κ2) is 6.49. The fourth-order valence-corrected chi connectivity index (χ4v) is 5.12. The number of nitrogens with two attached hydrogens (primary N) is 1. The van der Waals surface area contributed by atoms with Crippen molar-refractivity contribution in [2.24, 2.45) is 17.6 Å². The number of imide groups is 1. The molecule has 31 heavy (non-hydrogen) atoms. The number of fused-ring (bicyclic) bond motifs is 5. The molecule has 3 aliphatic rings. The van der Waals surface area contributed by atoms with Crippen molar-refractivity contribution in [3.05, 3.63) is 75.5 Å². The number of amides is 3. The highest BCUT2D eigenvalue weighted by atomic mass is 16.6. The van der Waals surface area contributed by atoms with Crippen molar-refractivity contribution in [1.82, 2.24) is 4.90 Å². The van der Waals surface area contributed by atoms with E-state index in [-0.39, 0.29) is 11.4 Å². The number of nitro benzene ring substituents is 1. The fourth-order valence-electron chi connectivity index (χ4n) is 5.12. The lowest BCUT2D eigenvalue weighted by atomic mass is 9.84. The van der Waals surface area contributed by atoms with Crippen LogP contribution in [0.2, 0.25) is 0 Å². The summed E-state index contributed by atoms with van der Waals surface area (Å²) < 4.78 is 0. The van der Waals surface area contributed by atoms with Crippen LogP contribution in [0, 0.1) is 28.9 Å². The average Bonchev–Trinajstić information content (AvgIpc) is 3.21. The van der Waals surface area contributed by atoms with Gasteiger partial charge in [-0.25, -0.2) is 4.90 Å². The summed E-state index contributed by atoms with van der Waals surface area (Å²) >= 11 is 0. The zero-order valence-corrected chi connectivity index (χ0v) is 16.5. The van der Waals surface area contributed by atoms with Gasteiger partial charge in [0.15, 0.2) is 0 Å². The maximum Gasteiger partial charge on any atom is 0.269 e. The van der Waals surface area contributed by atoms with Crippen LogP contribution in [0.1, 0.15) is 22.7 Å². The van der Waals surface area contributed by atoms with Crippen LogP contribution >= 0.6 is 0 Å². The molecular weight excluding hydrogens is 400 g/mol. The van der Waals surface area contributed by atoms with E-state index in [4.69, 9.17) is 5.73 Å². The Kier molecular flexibility index (Phi) is 3.98. The molecule has 4 atom stereocenters. The third kappa shape index (κ3) is 2.52. The average molecular weight is 418 g/mol. The van der Waals surface area contributed by atoms with Gasteiger partial charge in [0.2, 0.25) is 17.7 Å². The molecule has 2 fully saturated rings. The molecule has 2 N–H and O–H groups in total. The zero-order chi connectivity index (χ0) is 22.0. The largest absolute Gasteiger partial charge is 0.368 e. The molecule has 2 saturated heterocycles. The van der Waals surface area contributed by atoms with Crippen molar-refractivity contribution in [2.75, 3.05) is 4.90 Å². The van der Waals surface area contributed by atoms with E-state index in [1.807, 2.05) is 30.3 Å². The second-order valence-corrected chi connectivity index (χ2v) is 7.98. The molecule has 9 nitrogen and oxygen atoms in total. The van der Waals surface area contributed by atoms with Crippen LogP contribution in [-0.4, -0.2) is 33.6 Å². The van der Waals surface area contributed by atoms with Crippen LogP contribution < -0.4 is 10.6 Å². The molecule has 3 amide bonds. The molecule has 0 spiro atoms. The Balaban J connectivity index is 1.63. The number of hydrogen-bond donors (Lipinski definition) is 1. The van der Waals surface area contributed by atoms with Crippen LogP contribution in [0.15, 0.2) is 48.7 Å². The summed E-state index contributed by atoms with van der Waals surface area (Å²) in [6.45, 7) is 1.60. The summed E-state index contributed by atoms with van der Waals surface area (Å²) in [6, 6.07) is 10.0. The van der Waals surface area contributed by atoms with Gasteiger partial charge in [-0.15, -0.1) is 0 Å². The van der Waals surface area contributed by atoms with Gasteiger partial charge < -0.3 is 10.6 Å². The summed E-state index contributed by atoms with van der Waals surface area (Å²) in [4.78, 5) is 52.7. The molecule has 0 radical (unpaired) electrons. The SMILES string of the molecule is Cc1cc([N+](=O)[O-])ccc1N1C(=O)[C@@H]2[C@H](C1=O)[C@@H]1c3ccccc3C=CN1[C@@H]2C(N)=O. The van der Waals surface area contributed by atoms with Crippen LogP contribution in [0.3, 0.4) is 0 Å². The molecule has 0 saturated carbocycles. The smallest absolute Gasteiger partial charge is 0.269 e. The molecule has 0 aromatic heterocycles. The number of aryl methyl sites for hydroxylation is 1. The van der Waals surface area contributed by atoms with Gasteiger partial charge in [-0.2, -0.15) is 0 Å². The summed E-state index contributed by atoms with van der Waals surface area (Å²) in [5.74, 6) is -3.34. The number of nitrogens with zero attached hydrogens (tertiary/aromatic N) is 3. The van der Waals surface area contributed by atoms with Crippen LogP contribution in [-0.2, 0) is 14.4 Å². The second-order valence-electron chi connectivity index (χ2n) is 7.98. The molecule has 0 aliphatic carbocycles. The first kappa shape index (κ1) is 19.0. The molecular formula is C22H18N4O5. The maximum absolute atomic E-state index is 13.6. The highest BCUT2D eigenvalue weighted by Crippen LogP contribution is 2.53. The molecule has 2 aromatic carbocycles. The zero-order valence-electron chi connectivity index (χ0n) is 16.5. The predicted octanol–water partition coefficient (Wildman–Crippen LogP) is 1.90. The highest BCUT2D eigenvalue weighted by molar-refractivity contribution is 6.24. The first-order chi connectivity index (χ1) is 14.8. The van der Waals surface area contributed by atoms with E-state index in [0.29, 0.717) is 5.56 Å². The van der Waals surface area contributed by atoms with Crippen molar-refractivity contribution < 1.29 is 19.3 Å². The number of carbonyl (C=O) groups is 3. The summed E-state index contributed by atoms with van der Waals surface area (Å²) in [7, 11) is 0. The van der Waals surface area contributed by atoms with Gasteiger partial charge in [-0.3, -0.25) is 24.5 Å². The van der Waals surface area contributed by atoms with Crippen molar-refractivity contribution in [2.45, 2.75) is 19.0 Å². The Labute approximate surface area is 176 Å². The molecule has 9 heteroatoms. The summed E-state index contributed by atoms with van der Waals surface area (Å²) in [5.41, 5.74) is 8.03. The van der Waals surface area contributed by atoms with Crippen molar-refractivity contribution in [1.29, 1.82) is 0 Å². The monoisotopic (exact) mass is 418 g/mol. The summed E-state index contributed by atoms with van der Waals surface area (Å²) in [6.07, 6.45) is 3.57. The number of primary amides is 1. The number of nitro groups is 1. The van der Waals surface area contributed by atoms with Crippen molar-refractivity contribution in [3.63, 3.8) is 0 Å². The highest BCUT2D eigenvalue weighted by Gasteiger charge is 2.64. The lowest BCUT2D eigenvalue weighted by molar-refractivity contribution is -0.384. The molecule has 156 valence electrons. The molecule has 3 aliphatic heterocycles. The normalized spacial score (nSPS) is 26.0. The van der Waals surface area contributed by atoms with Gasteiger partial charge >= 0.3 is 0 Å². The Hall–Kier alpha value is -4.01. The Morgan fingerprint density at radius 1 is 1.10 bits per heavy atom. The topological polar surface area (TPSA) is 127 Å². The quantitative estimate of drug-likeness (QED) is 0.461. The minimum Gasteiger partial charge on any atom is -0.368 e. The Bertz CT molecular complexity index is 1210. The number of non-ortho nitro benzene ring substituents is 1. The van der Waals surface area contributed by atoms with E-state index >= 15 is 0 Å². The van der Waals surface area contributed by atoms with Gasteiger partial charge in [-0.1, -0.05) is 24.3 Å². The van der Waals surface area contributed by atoms with Gasteiger partial charge in [0.05, 0.1) is 28.5 Å². The number of benzene rings is 2. The van der Waals surface area contributed by atoms with Crippen LogP contribution in [0.5, 0.6) is 0 Å². The van der Waals surface area contributed by atoms with E-state index in [1.165, 1.54) is 18.2 Å². The Morgan fingerprint density at radius 3 is 2.48 bits per heavy atom. The molecule has 0 bridgehead atoms. The lowest BCUT2D eigenvalue weighted by Gasteiger charge is -2.34. The maximum atomic E-state index is 13.6. The predicted molar refractivity (Wildman–Crippen MR) is 110 cm³/mol.